The number of nitriles is 1. The van der Waals surface area contributed by atoms with Gasteiger partial charge in [-0.15, -0.1) is 0 Å². The molecule has 1 atom stereocenters. The molecule has 0 aromatic carbocycles. The molecular weight excluding hydrogens is 130 g/mol. The van der Waals surface area contributed by atoms with Crippen LogP contribution in [0.15, 0.2) is 0 Å². The minimum absolute atomic E-state index is 0.162. The molecule has 10 heavy (non-hydrogen) atoms. The number of hydrogen-bond donors (Lipinski definition) is 2. The zero-order valence-electron chi connectivity index (χ0n) is 5.92. The molecule has 1 amide bonds. The number of carbonyl (C=O) groups is 1. The highest BCUT2D eigenvalue weighted by Crippen LogP contribution is 1.98. The average molecular weight is 141 g/mol. The van der Waals surface area contributed by atoms with Gasteiger partial charge in [0.25, 0.3) is 0 Å². The lowest BCUT2D eigenvalue weighted by Crippen LogP contribution is -2.26. The summed E-state index contributed by atoms with van der Waals surface area (Å²) in [6, 6.07) is 0. The SMILES string of the molecule is CC(CCN)C(=O)NC#N. The summed E-state index contributed by atoms with van der Waals surface area (Å²) in [5, 5.41) is 10.1. The van der Waals surface area contributed by atoms with Crippen LogP contribution in [0.1, 0.15) is 13.3 Å². The molecule has 3 N–H and O–H groups in total. The van der Waals surface area contributed by atoms with Crippen LogP contribution in [0.25, 0.3) is 0 Å². The molecule has 4 nitrogen and oxygen atoms in total. The third-order valence-corrected chi connectivity index (χ3v) is 1.23. The predicted octanol–water partition coefficient (Wildman–Crippen LogP) is -0.431. The Labute approximate surface area is 60.0 Å². The van der Waals surface area contributed by atoms with E-state index >= 15 is 0 Å². The molecular formula is C6H11N3O. The van der Waals surface area contributed by atoms with Crippen LogP contribution in [0.3, 0.4) is 0 Å². The molecule has 0 fully saturated rings. The average Bonchev–Trinajstić information content (AvgIpc) is 1.89. The van der Waals surface area contributed by atoms with Crippen LogP contribution in [0.4, 0.5) is 0 Å². The van der Waals surface area contributed by atoms with Crippen molar-refractivity contribution in [1.29, 1.82) is 5.26 Å². The largest absolute Gasteiger partial charge is 0.330 e. The number of hydrogen-bond acceptors (Lipinski definition) is 3. The summed E-state index contributed by atoms with van der Waals surface area (Å²) < 4.78 is 0. The Morgan fingerprint density at radius 2 is 2.50 bits per heavy atom. The molecule has 0 rings (SSSR count). The highest BCUT2D eigenvalue weighted by atomic mass is 16.1. The van der Waals surface area contributed by atoms with E-state index in [2.05, 4.69) is 0 Å². The molecule has 0 aromatic rings. The number of rotatable bonds is 3. The van der Waals surface area contributed by atoms with E-state index < -0.39 is 0 Å². The Hall–Kier alpha value is -1.08. The molecule has 0 radical (unpaired) electrons. The van der Waals surface area contributed by atoms with Gasteiger partial charge in [0.15, 0.2) is 6.19 Å². The zero-order valence-corrected chi connectivity index (χ0v) is 5.92. The number of nitrogens with one attached hydrogen (secondary N) is 1. The van der Waals surface area contributed by atoms with Gasteiger partial charge in [-0.1, -0.05) is 6.92 Å². The molecule has 0 aromatic heterocycles. The molecule has 0 heterocycles. The Morgan fingerprint density at radius 3 is 2.90 bits per heavy atom. The smallest absolute Gasteiger partial charge is 0.235 e. The first kappa shape index (κ1) is 8.92. The summed E-state index contributed by atoms with van der Waals surface area (Å²) in [6.07, 6.45) is 2.18. The Bertz CT molecular complexity index is 150. The van der Waals surface area contributed by atoms with Gasteiger partial charge in [-0.2, -0.15) is 5.26 Å². The van der Waals surface area contributed by atoms with E-state index in [0.29, 0.717) is 13.0 Å². The lowest BCUT2D eigenvalue weighted by atomic mass is 10.1. The summed E-state index contributed by atoms with van der Waals surface area (Å²) >= 11 is 0. The standard InChI is InChI=1S/C6H11N3O/c1-5(2-3-7)6(10)9-4-8/h5H,2-3,7H2,1H3,(H,9,10). The van der Waals surface area contributed by atoms with Crippen molar-refractivity contribution in [1.82, 2.24) is 5.32 Å². The number of amides is 1. The molecule has 0 saturated heterocycles. The van der Waals surface area contributed by atoms with Crippen molar-refractivity contribution in [2.24, 2.45) is 11.7 Å². The van der Waals surface area contributed by atoms with Gasteiger partial charge in [-0.05, 0) is 13.0 Å². The summed E-state index contributed by atoms with van der Waals surface area (Å²) in [7, 11) is 0. The van der Waals surface area contributed by atoms with Crippen LogP contribution in [-0.4, -0.2) is 12.5 Å². The lowest BCUT2D eigenvalue weighted by Gasteiger charge is -2.04. The van der Waals surface area contributed by atoms with Crippen molar-refractivity contribution in [3.8, 4) is 6.19 Å². The molecule has 0 aliphatic rings. The van der Waals surface area contributed by atoms with Crippen molar-refractivity contribution >= 4 is 5.91 Å². The summed E-state index contributed by atoms with van der Waals surface area (Å²) in [6.45, 7) is 2.21. The van der Waals surface area contributed by atoms with Crippen molar-refractivity contribution in [3.63, 3.8) is 0 Å². The highest BCUT2D eigenvalue weighted by molar-refractivity contribution is 5.79. The quantitative estimate of drug-likeness (QED) is 0.413. The van der Waals surface area contributed by atoms with E-state index in [1.165, 1.54) is 0 Å². The number of nitrogens with two attached hydrogens (primary N) is 1. The molecule has 0 aliphatic carbocycles. The Balaban J connectivity index is 3.62. The van der Waals surface area contributed by atoms with E-state index in [9.17, 15) is 4.79 Å². The fourth-order valence-electron chi connectivity index (χ4n) is 0.559. The van der Waals surface area contributed by atoms with E-state index in [-0.39, 0.29) is 11.8 Å². The minimum Gasteiger partial charge on any atom is -0.330 e. The van der Waals surface area contributed by atoms with Gasteiger partial charge < -0.3 is 5.73 Å². The molecule has 0 spiro atoms. The maximum absolute atomic E-state index is 10.7. The Morgan fingerprint density at radius 1 is 1.90 bits per heavy atom. The summed E-state index contributed by atoms with van der Waals surface area (Å²) in [5.41, 5.74) is 5.20. The maximum atomic E-state index is 10.7. The first-order chi connectivity index (χ1) is 4.72. The van der Waals surface area contributed by atoms with E-state index in [1.54, 1.807) is 13.1 Å². The van der Waals surface area contributed by atoms with Gasteiger partial charge in [0.2, 0.25) is 5.91 Å². The van der Waals surface area contributed by atoms with Crippen molar-refractivity contribution < 1.29 is 4.79 Å². The van der Waals surface area contributed by atoms with Gasteiger partial charge in [0.1, 0.15) is 0 Å². The maximum Gasteiger partial charge on any atom is 0.235 e. The third-order valence-electron chi connectivity index (χ3n) is 1.23. The highest BCUT2D eigenvalue weighted by Gasteiger charge is 2.09. The lowest BCUT2D eigenvalue weighted by molar-refractivity contribution is -0.123. The van der Waals surface area contributed by atoms with Crippen LogP contribution < -0.4 is 11.1 Å². The van der Waals surface area contributed by atoms with Crippen molar-refractivity contribution in [3.05, 3.63) is 0 Å². The molecule has 0 saturated carbocycles. The van der Waals surface area contributed by atoms with E-state index in [4.69, 9.17) is 11.0 Å². The topological polar surface area (TPSA) is 78.9 Å². The molecule has 1 unspecified atom stereocenters. The second kappa shape index (κ2) is 4.77. The number of carbonyl (C=O) groups excluding carboxylic acids is 1. The second-order valence-electron chi connectivity index (χ2n) is 2.08. The van der Waals surface area contributed by atoms with Crippen molar-refractivity contribution in [2.75, 3.05) is 6.54 Å². The summed E-state index contributed by atoms with van der Waals surface area (Å²) in [4.78, 5) is 10.7. The van der Waals surface area contributed by atoms with Gasteiger partial charge in [-0.3, -0.25) is 10.1 Å². The van der Waals surface area contributed by atoms with E-state index in [0.717, 1.165) is 0 Å². The third kappa shape index (κ3) is 3.05. The van der Waals surface area contributed by atoms with Crippen LogP contribution in [0.2, 0.25) is 0 Å². The number of nitrogens with zero attached hydrogens (tertiary/aromatic N) is 1. The van der Waals surface area contributed by atoms with Gasteiger partial charge >= 0.3 is 0 Å². The molecule has 56 valence electrons. The normalized spacial score (nSPS) is 11.7. The zero-order chi connectivity index (χ0) is 7.98. The van der Waals surface area contributed by atoms with Crippen LogP contribution in [0.5, 0.6) is 0 Å². The minimum atomic E-state index is -0.257. The molecule has 4 heteroatoms. The fraction of sp³-hybridized carbons (Fsp3) is 0.667. The summed E-state index contributed by atoms with van der Waals surface area (Å²) in [5.74, 6) is -0.419. The second-order valence-corrected chi connectivity index (χ2v) is 2.08. The Kier molecular flexibility index (Phi) is 4.25. The molecule has 0 aliphatic heterocycles. The first-order valence-electron chi connectivity index (χ1n) is 3.11. The van der Waals surface area contributed by atoms with Crippen LogP contribution in [0, 0.1) is 17.4 Å². The predicted molar refractivity (Wildman–Crippen MR) is 36.6 cm³/mol. The monoisotopic (exact) mass is 141 g/mol. The first-order valence-corrected chi connectivity index (χ1v) is 3.11. The van der Waals surface area contributed by atoms with Crippen LogP contribution >= 0.6 is 0 Å². The van der Waals surface area contributed by atoms with Gasteiger partial charge in [0, 0.05) is 5.92 Å². The molecule has 0 bridgehead atoms. The van der Waals surface area contributed by atoms with E-state index in [1.807, 2.05) is 5.32 Å². The fourth-order valence-corrected chi connectivity index (χ4v) is 0.559. The van der Waals surface area contributed by atoms with Gasteiger partial charge in [0.05, 0.1) is 0 Å². The van der Waals surface area contributed by atoms with Crippen LogP contribution in [-0.2, 0) is 4.79 Å². The van der Waals surface area contributed by atoms with Gasteiger partial charge in [-0.25, -0.2) is 0 Å². The van der Waals surface area contributed by atoms with Crippen molar-refractivity contribution in [2.45, 2.75) is 13.3 Å².